The molecule has 0 saturated carbocycles. The van der Waals surface area contributed by atoms with E-state index in [2.05, 4.69) is 5.32 Å². The van der Waals surface area contributed by atoms with Gasteiger partial charge in [-0.25, -0.2) is 8.42 Å². The fourth-order valence-corrected chi connectivity index (χ4v) is 6.23. The molecule has 2 aliphatic rings. The second kappa shape index (κ2) is 12.5. The summed E-state index contributed by atoms with van der Waals surface area (Å²) >= 11 is 0. The molecule has 0 spiro atoms. The van der Waals surface area contributed by atoms with Crippen molar-refractivity contribution in [1.82, 2.24) is 14.5 Å². The molecule has 1 aromatic carbocycles. The second-order valence-corrected chi connectivity index (χ2v) is 10.8. The first kappa shape index (κ1) is 26.4. The second-order valence-electron chi connectivity index (χ2n) is 8.89. The summed E-state index contributed by atoms with van der Waals surface area (Å²) in [4.78, 5) is 27.3. The number of piperidine rings is 1. The molecule has 2 aliphatic heterocycles. The molecule has 3 rings (SSSR count). The average Bonchev–Trinajstić information content (AvgIpc) is 3.16. The van der Waals surface area contributed by atoms with Gasteiger partial charge in [-0.05, 0) is 50.3 Å². The third-order valence-electron chi connectivity index (χ3n) is 6.57. The van der Waals surface area contributed by atoms with Crippen LogP contribution in [0.15, 0.2) is 23.1 Å². The molecule has 190 valence electrons. The number of methoxy groups -OCH3 is 2. The van der Waals surface area contributed by atoms with E-state index in [4.69, 9.17) is 9.47 Å². The average molecular weight is 496 g/mol. The van der Waals surface area contributed by atoms with Crippen molar-refractivity contribution in [3.8, 4) is 5.75 Å². The summed E-state index contributed by atoms with van der Waals surface area (Å²) < 4.78 is 38.6. The highest BCUT2D eigenvalue weighted by Crippen LogP contribution is 2.30. The lowest BCUT2D eigenvalue weighted by atomic mass is 9.95. The molecule has 10 heteroatoms. The van der Waals surface area contributed by atoms with E-state index in [1.54, 1.807) is 24.1 Å². The zero-order valence-electron chi connectivity index (χ0n) is 20.3. The van der Waals surface area contributed by atoms with E-state index in [0.29, 0.717) is 57.7 Å². The number of nitrogens with zero attached hydrogens (tertiary/aromatic N) is 2. The molecule has 1 aromatic rings. The summed E-state index contributed by atoms with van der Waals surface area (Å²) in [6.45, 7) is 3.04. The lowest BCUT2D eigenvalue weighted by molar-refractivity contribution is -0.126. The van der Waals surface area contributed by atoms with Crippen molar-refractivity contribution in [2.24, 2.45) is 5.92 Å². The lowest BCUT2D eigenvalue weighted by Crippen LogP contribution is -2.43. The SMILES string of the molecule is COCCCNC(=O)C1CCN(C(=O)c2ccc(OC)c(S(=O)(=O)N3CCCCCC3)c2)CC1. The van der Waals surface area contributed by atoms with Gasteiger partial charge in [0.2, 0.25) is 15.9 Å². The van der Waals surface area contributed by atoms with Gasteiger partial charge < -0.3 is 19.7 Å². The molecule has 2 amide bonds. The van der Waals surface area contributed by atoms with Gasteiger partial charge in [0.05, 0.1) is 7.11 Å². The van der Waals surface area contributed by atoms with Gasteiger partial charge in [-0.1, -0.05) is 12.8 Å². The molecule has 2 saturated heterocycles. The van der Waals surface area contributed by atoms with Crippen molar-refractivity contribution >= 4 is 21.8 Å². The Kier molecular flexibility index (Phi) is 9.73. The number of benzene rings is 1. The molecule has 9 nitrogen and oxygen atoms in total. The summed E-state index contributed by atoms with van der Waals surface area (Å²) in [5.41, 5.74) is 0.316. The van der Waals surface area contributed by atoms with E-state index in [1.807, 2.05) is 0 Å². The maximum absolute atomic E-state index is 13.4. The Morgan fingerprint density at radius 1 is 1.03 bits per heavy atom. The summed E-state index contributed by atoms with van der Waals surface area (Å²) in [6.07, 6.45) is 5.61. The van der Waals surface area contributed by atoms with Crippen LogP contribution in [0.2, 0.25) is 0 Å². The molecular weight excluding hydrogens is 458 g/mol. The van der Waals surface area contributed by atoms with Crippen LogP contribution in [0.1, 0.15) is 55.3 Å². The highest BCUT2D eigenvalue weighted by molar-refractivity contribution is 7.89. The molecule has 2 heterocycles. The fourth-order valence-electron chi connectivity index (χ4n) is 4.53. The van der Waals surface area contributed by atoms with Crippen molar-refractivity contribution in [2.45, 2.75) is 49.8 Å². The van der Waals surface area contributed by atoms with E-state index in [1.165, 1.54) is 17.5 Å². The van der Waals surface area contributed by atoms with Crippen molar-refractivity contribution < 1.29 is 27.5 Å². The van der Waals surface area contributed by atoms with E-state index in [0.717, 1.165) is 32.1 Å². The Hall–Kier alpha value is -2.17. The largest absolute Gasteiger partial charge is 0.495 e. The number of ether oxygens (including phenoxy) is 2. The number of carbonyl (C=O) groups is 2. The quantitative estimate of drug-likeness (QED) is 0.527. The number of rotatable bonds is 9. The highest BCUT2D eigenvalue weighted by atomic mass is 32.2. The van der Waals surface area contributed by atoms with Crippen molar-refractivity contribution in [1.29, 1.82) is 0 Å². The van der Waals surface area contributed by atoms with Crippen molar-refractivity contribution in [3.63, 3.8) is 0 Å². The Bertz CT molecular complexity index is 936. The minimum atomic E-state index is -3.77. The van der Waals surface area contributed by atoms with Gasteiger partial charge in [-0.2, -0.15) is 4.31 Å². The van der Waals surface area contributed by atoms with Crippen LogP contribution >= 0.6 is 0 Å². The summed E-state index contributed by atoms with van der Waals surface area (Å²) in [5.74, 6) is -0.0986. The number of likely N-dealkylation sites (tertiary alicyclic amines) is 1. The fraction of sp³-hybridized carbons (Fsp3) is 0.667. The monoisotopic (exact) mass is 495 g/mol. The van der Waals surface area contributed by atoms with Crippen LogP contribution in [0.4, 0.5) is 0 Å². The first-order valence-electron chi connectivity index (χ1n) is 12.1. The molecule has 2 fully saturated rings. The zero-order chi connectivity index (χ0) is 24.6. The van der Waals surface area contributed by atoms with Crippen LogP contribution < -0.4 is 10.1 Å². The minimum Gasteiger partial charge on any atom is -0.495 e. The van der Waals surface area contributed by atoms with Crippen LogP contribution in [0.3, 0.4) is 0 Å². The van der Waals surface area contributed by atoms with Crippen LogP contribution in [-0.2, 0) is 19.6 Å². The number of hydrogen-bond donors (Lipinski definition) is 1. The maximum Gasteiger partial charge on any atom is 0.253 e. The standard InChI is InChI=1S/C24H37N3O6S/c1-32-17-7-12-25-23(28)19-10-15-26(16-11-19)24(29)20-8-9-21(33-2)22(18-20)34(30,31)27-13-5-3-4-6-14-27/h8-9,18-19H,3-7,10-17H2,1-2H3,(H,25,28). The van der Waals surface area contributed by atoms with E-state index >= 15 is 0 Å². The van der Waals surface area contributed by atoms with Crippen LogP contribution in [0.5, 0.6) is 5.75 Å². The molecule has 1 N–H and O–H groups in total. The summed E-state index contributed by atoms with van der Waals surface area (Å²) in [7, 11) is -0.709. The van der Waals surface area contributed by atoms with E-state index in [-0.39, 0.29) is 28.4 Å². The number of nitrogens with one attached hydrogen (secondary N) is 1. The van der Waals surface area contributed by atoms with Crippen LogP contribution in [0, 0.1) is 5.92 Å². The van der Waals surface area contributed by atoms with Crippen LogP contribution in [0.25, 0.3) is 0 Å². The molecule has 0 bridgehead atoms. The highest BCUT2D eigenvalue weighted by Gasteiger charge is 2.31. The molecule has 0 aliphatic carbocycles. The number of sulfonamides is 1. The third kappa shape index (κ3) is 6.49. The normalized spacial score (nSPS) is 18.4. The minimum absolute atomic E-state index is 0.0125. The first-order chi connectivity index (χ1) is 16.4. The molecule has 0 radical (unpaired) electrons. The molecule has 0 aromatic heterocycles. The topological polar surface area (TPSA) is 105 Å². The molecule has 0 atom stereocenters. The maximum atomic E-state index is 13.4. The Morgan fingerprint density at radius 3 is 2.32 bits per heavy atom. The van der Waals surface area contributed by atoms with Gasteiger partial charge in [0.25, 0.3) is 5.91 Å². The summed E-state index contributed by atoms with van der Waals surface area (Å²) in [5, 5.41) is 2.93. The van der Waals surface area contributed by atoms with Crippen molar-refractivity contribution in [3.05, 3.63) is 23.8 Å². The number of amides is 2. The number of carbonyl (C=O) groups excluding carboxylic acids is 2. The van der Waals surface area contributed by atoms with Gasteiger partial charge in [0, 0.05) is 57.9 Å². The predicted octanol–water partition coefficient (Wildman–Crippen LogP) is 2.26. The Balaban J connectivity index is 1.67. The van der Waals surface area contributed by atoms with Gasteiger partial charge in [-0.15, -0.1) is 0 Å². The van der Waals surface area contributed by atoms with Gasteiger partial charge in [-0.3, -0.25) is 9.59 Å². The van der Waals surface area contributed by atoms with Gasteiger partial charge >= 0.3 is 0 Å². The van der Waals surface area contributed by atoms with E-state index < -0.39 is 10.0 Å². The summed E-state index contributed by atoms with van der Waals surface area (Å²) in [6, 6.07) is 4.60. The molecular formula is C24H37N3O6S. The third-order valence-corrected chi connectivity index (χ3v) is 8.49. The van der Waals surface area contributed by atoms with Crippen LogP contribution in [-0.4, -0.2) is 83.0 Å². The molecule has 0 unspecified atom stereocenters. The predicted molar refractivity (Wildman–Crippen MR) is 128 cm³/mol. The smallest absolute Gasteiger partial charge is 0.253 e. The zero-order valence-corrected chi connectivity index (χ0v) is 21.1. The van der Waals surface area contributed by atoms with Gasteiger partial charge in [0.1, 0.15) is 10.6 Å². The van der Waals surface area contributed by atoms with Gasteiger partial charge in [0.15, 0.2) is 0 Å². The molecule has 34 heavy (non-hydrogen) atoms. The lowest BCUT2D eigenvalue weighted by Gasteiger charge is -2.31. The van der Waals surface area contributed by atoms with E-state index in [9.17, 15) is 18.0 Å². The Morgan fingerprint density at radius 2 is 1.71 bits per heavy atom. The first-order valence-corrected chi connectivity index (χ1v) is 13.6. The number of hydrogen-bond acceptors (Lipinski definition) is 6. The van der Waals surface area contributed by atoms with Crippen molar-refractivity contribution in [2.75, 3.05) is 53.6 Å². The Labute approximate surface area is 202 Å².